The maximum Gasteiger partial charge on any atom is 0.350 e. The van der Waals surface area contributed by atoms with Gasteiger partial charge < -0.3 is 5.32 Å². The van der Waals surface area contributed by atoms with Crippen molar-refractivity contribution >= 4 is 34.8 Å². The zero-order chi connectivity index (χ0) is 18.3. The summed E-state index contributed by atoms with van der Waals surface area (Å²) in [6.07, 6.45) is 0. The highest BCUT2D eigenvalue weighted by Crippen LogP contribution is 2.35. The van der Waals surface area contributed by atoms with Gasteiger partial charge in [0.05, 0.1) is 11.3 Å². The van der Waals surface area contributed by atoms with Gasteiger partial charge in [-0.1, -0.05) is 47.5 Å². The lowest BCUT2D eigenvalue weighted by Gasteiger charge is -2.13. The number of aromatic amines is 1. The van der Waals surface area contributed by atoms with Crippen LogP contribution >= 0.6 is 23.2 Å². The summed E-state index contributed by atoms with van der Waals surface area (Å²) < 4.78 is 1.41. The summed E-state index contributed by atoms with van der Waals surface area (Å²) in [5.41, 5.74) is 3.21. The van der Waals surface area contributed by atoms with Crippen LogP contribution in [-0.4, -0.2) is 26.6 Å². The van der Waals surface area contributed by atoms with Gasteiger partial charge in [0.15, 0.2) is 5.65 Å². The Kier molecular flexibility index (Phi) is 4.14. The molecule has 6 nitrogen and oxygen atoms in total. The highest BCUT2D eigenvalue weighted by molar-refractivity contribution is 6.31. The Morgan fingerprint density at radius 3 is 2.12 bits per heavy atom. The first-order chi connectivity index (χ1) is 12.6. The number of fused-ring (bicyclic) bond motifs is 1. The number of H-pyrrole nitrogens is 1. The van der Waals surface area contributed by atoms with Crippen molar-refractivity contribution in [2.24, 2.45) is 0 Å². The number of nitrogens with one attached hydrogen (secondary N) is 2. The van der Waals surface area contributed by atoms with Crippen LogP contribution in [0.5, 0.6) is 0 Å². The number of anilines is 1. The molecule has 2 aromatic carbocycles. The van der Waals surface area contributed by atoms with E-state index in [1.54, 1.807) is 31.3 Å². The Morgan fingerprint density at radius 2 is 1.54 bits per heavy atom. The second-order valence-electron chi connectivity index (χ2n) is 5.61. The van der Waals surface area contributed by atoms with E-state index >= 15 is 0 Å². The fourth-order valence-electron chi connectivity index (χ4n) is 2.85. The van der Waals surface area contributed by atoms with Gasteiger partial charge in [-0.2, -0.15) is 5.10 Å². The lowest BCUT2D eigenvalue weighted by Crippen LogP contribution is -2.15. The molecule has 0 saturated carbocycles. The molecule has 0 fully saturated rings. The Balaban J connectivity index is 2.12. The highest BCUT2D eigenvalue weighted by atomic mass is 35.5. The smallest absolute Gasteiger partial charge is 0.350 e. The van der Waals surface area contributed by atoms with Crippen LogP contribution in [0, 0.1) is 0 Å². The third-order valence-corrected chi connectivity index (χ3v) is 4.54. The largest absolute Gasteiger partial charge is 0.358 e. The minimum absolute atomic E-state index is 0.366. The quantitative estimate of drug-likeness (QED) is 0.556. The number of rotatable bonds is 3. The third kappa shape index (κ3) is 2.73. The highest BCUT2D eigenvalue weighted by Gasteiger charge is 2.20. The minimum atomic E-state index is -0.366. The molecule has 0 aliphatic heterocycles. The van der Waals surface area contributed by atoms with Crippen LogP contribution in [0.3, 0.4) is 0 Å². The van der Waals surface area contributed by atoms with Gasteiger partial charge >= 0.3 is 5.69 Å². The van der Waals surface area contributed by atoms with Crippen LogP contribution in [0.15, 0.2) is 53.3 Å². The van der Waals surface area contributed by atoms with Gasteiger partial charge in [-0.05, 0) is 29.8 Å². The van der Waals surface area contributed by atoms with Crippen LogP contribution in [0.4, 0.5) is 5.95 Å². The summed E-state index contributed by atoms with van der Waals surface area (Å²) in [4.78, 5) is 16.9. The molecule has 4 aromatic rings. The predicted octanol–water partition coefficient (Wildman–Crippen LogP) is 4.10. The molecule has 0 bridgehead atoms. The fourth-order valence-corrected chi connectivity index (χ4v) is 3.10. The summed E-state index contributed by atoms with van der Waals surface area (Å²) in [5, 5.41) is 10.9. The number of aromatic nitrogens is 4. The maximum atomic E-state index is 12.2. The summed E-state index contributed by atoms with van der Waals surface area (Å²) in [6.45, 7) is 0. The number of hydrogen-bond acceptors (Lipinski definition) is 4. The summed E-state index contributed by atoms with van der Waals surface area (Å²) in [6, 6.07) is 14.7. The van der Waals surface area contributed by atoms with Crippen molar-refractivity contribution in [3.8, 4) is 22.4 Å². The lowest BCUT2D eigenvalue weighted by molar-refractivity contribution is 1.00. The van der Waals surface area contributed by atoms with Crippen molar-refractivity contribution in [1.82, 2.24) is 19.6 Å². The van der Waals surface area contributed by atoms with Crippen molar-refractivity contribution in [3.05, 3.63) is 69.1 Å². The summed E-state index contributed by atoms with van der Waals surface area (Å²) in [5.74, 6) is 0.390. The van der Waals surface area contributed by atoms with Crippen LogP contribution in [-0.2, 0) is 0 Å². The second kappa shape index (κ2) is 6.48. The molecule has 0 unspecified atom stereocenters. The topological polar surface area (TPSA) is 75.1 Å². The molecule has 0 amide bonds. The van der Waals surface area contributed by atoms with E-state index in [0.717, 1.165) is 16.7 Å². The number of benzene rings is 2. The normalized spacial score (nSPS) is 11.0. The number of hydrogen-bond donors (Lipinski definition) is 2. The van der Waals surface area contributed by atoms with Gasteiger partial charge in [0.1, 0.15) is 0 Å². The van der Waals surface area contributed by atoms with E-state index in [2.05, 4.69) is 20.5 Å². The molecular formula is C18H13Cl2N5O. The molecule has 0 aliphatic rings. The van der Waals surface area contributed by atoms with E-state index in [1.165, 1.54) is 4.40 Å². The lowest BCUT2D eigenvalue weighted by atomic mass is 10.00. The Bertz CT molecular complexity index is 1150. The molecule has 2 aromatic heterocycles. The molecule has 0 atom stereocenters. The van der Waals surface area contributed by atoms with Gasteiger partial charge in [0, 0.05) is 22.7 Å². The van der Waals surface area contributed by atoms with E-state index in [-0.39, 0.29) is 5.69 Å². The van der Waals surface area contributed by atoms with Gasteiger partial charge in [-0.3, -0.25) is 0 Å². The van der Waals surface area contributed by atoms with Crippen molar-refractivity contribution in [3.63, 3.8) is 0 Å². The minimum Gasteiger partial charge on any atom is -0.358 e. The van der Waals surface area contributed by atoms with E-state index in [0.29, 0.717) is 27.3 Å². The first-order valence-corrected chi connectivity index (χ1v) is 8.55. The molecule has 0 aliphatic carbocycles. The van der Waals surface area contributed by atoms with Crippen molar-refractivity contribution in [1.29, 1.82) is 0 Å². The number of nitrogens with zero attached hydrogens (tertiary/aromatic N) is 3. The van der Waals surface area contributed by atoms with Gasteiger partial charge in [-0.15, -0.1) is 0 Å². The van der Waals surface area contributed by atoms with Crippen LogP contribution in [0.1, 0.15) is 0 Å². The molecule has 2 N–H and O–H groups in total. The van der Waals surface area contributed by atoms with Crippen LogP contribution in [0.25, 0.3) is 28.0 Å². The molecule has 0 radical (unpaired) electrons. The Hall–Kier alpha value is -2.83. The molecule has 2 heterocycles. The van der Waals surface area contributed by atoms with E-state index < -0.39 is 0 Å². The SMILES string of the molecule is CNc1nc(-c2ccc(Cl)cc2)c(-c2ccc(Cl)cc2)c2n[nH]c(=O)n12. The second-order valence-corrected chi connectivity index (χ2v) is 6.48. The average Bonchev–Trinajstić information content (AvgIpc) is 3.04. The number of halogens is 2. The first kappa shape index (κ1) is 16.6. The molecule has 0 spiro atoms. The summed E-state index contributed by atoms with van der Waals surface area (Å²) >= 11 is 12.0. The van der Waals surface area contributed by atoms with Gasteiger partial charge in [0.2, 0.25) is 5.95 Å². The van der Waals surface area contributed by atoms with Crippen molar-refractivity contribution in [2.45, 2.75) is 0 Å². The molecule has 4 rings (SSSR count). The average molecular weight is 386 g/mol. The fraction of sp³-hybridized carbons (Fsp3) is 0.0556. The Morgan fingerprint density at radius 1 is 0.962 bits per heavy atom. The standard InChI is InChI=1S/C18H13Cl2N5O/c1-21-17-22-15(11-4-8-13(20)9-5-11)14(10-2-6-12(19)7-3-10)16-23-24-18(26)25(16)17/h2-9H,1H3,(H,21,22)(H,24,26). The Labute approximate surface area is 158 Å². The zero-order valence-corrected chi connectivity index (χ0v) is 15.1. The molecule has 26 heavy (non-hydrogen) atoms. The molecule has 130 valence electrons. The van der Waals surface area contributed by atoms with Crippen LogP contribution in [0.2, 0.25) is 10.0 Å². The van der Waals surface area contributed by atoms with E-state index in [1.807, 2.05) is 24.3 Å². The monoisotopic (exact) mass is 385 g/mol. The van der Waals surface area contributed by atoms with E-state index in [9.17, 15) is 4.79 Å². The van der Waals surface area contributed by atoms with E-state index in [4.69, 9.17) is 23.2 Å². The predicted molar refractivity (Wildman–Crippen MR) is 104 cm³/mol. The van der Waals surface area contributed by atoms with Gasteiger partial charge in [-0.25, -0.2) is 19.3 Å². The molecular weight excluding hydrogens is 373 g/mol. The summed E-state index contributed by atoms with van der Waals surface area (Å²) in [7, 11) is 1.70. The van der Waals surface area contributed by atoms with Gasteiger partial charge in [0.25, 0.3) is 0 Å². The van der Waals surface area contributed by atoms with Crippen LogP contribution < -0.4 is 11.0 Å². The zero-order valence-electron chi connectivity index (χ0n) is 13.6. The van der Waals surface area contributed by atoms with Crippen molar-refractivity contribution in [2.75, 3.05) is 12.4 Å². The third-order valence-electron chi connectivity index (χ3n) is 4.04. The van der Waals surface area contributed by atoms with Crippen molar-refractivity contribution < 1.29 is 0 Å². The maximum absolute atomic E-state index is 12.2. The first-order valence-electron chi connectivity index (χ1n) is 7.79. The molecule has 0 saturated heterocycles. The molecule has 8 heteroatoms.